The van der Waals surface area contributed by atoms with Crippen molar-refractivity contribution in [2.24, 2.45) is 16.9 Å². The van der Waals surface area contributed by atoms with Crippen molar-refractivity contribution >= 4 is 27.5 Å². The number of carbonyl (C=O) groups is 1. The number of hydrogen-bond donors (Lipinski definition) is 2. The average molecular weight is 328 g/mol. The Morgan fingerprint density at radius 1 is 1.42 bits per heavy atom. The lowest BCUT2D eigenvalue weighted by atomic mass is 9.93. The molecule has 0 atom stereocenters. The number of nitrogens with zero attached hydrogens (tertiary/aromatic N) is 1. The topological polar surface area (TPSA) is 72.3 Å². The van der Waals surface area contributed by atoms with Crippen LogP contribution in [-0.2, 0) is 0 Å². The summed E-state index contributed by atoms with van der Waals surface area (Å²) in [5.74, 6) is -0.427. The molecule has 19 heavy (non-hydrogen) atoms. The van der Waals surface area contributed by atoms with Crippen LogP contribution in [0.4, 0.5) is 5.69 Å². The first-order valence-corrected chi connectivity index (χ1v) is 7.14. The van der Waals surface area contributed by atoms with Crippen LogP contribution in [-0.4, -0.2) is 25.5 Å². The van der Waals surface area contributed by atoms with Gasteiger partial charge in [0.2, 0.25) is 5.91 Å². The van der Waals surface area contributed by atoms with E-state index in [9.17, 15) is 4.79 Å². The Bertz CT molecular complexity index is 460. The van der Waals surface area contributed by atoms with Crippen LogP contribution in [0.25, 0.3) is 0 Å². The molecule has 1 aromatic rings. The Balaban J connectivity index is 3.00. The summed E-state index contributed by atoms with van der Waals surface area (Å²) in [7, 11) is 0. The third-order valence-corrected chi connectivity index (χ3v) is 3.79. The Morgan fingerprint density at radius 2 is 2.05 bits per heavy atom. The molecule has 0 bridgehead atoms. The normalized spacial score (nSPS) is 11.4. The maximum Gasteiger partial charge on any atom is 0.249 e. The van der Waals surface area contributed by atoms with Crippen molar-refractivity contribution in [3.8, 4) is 0 Å². The van der Waals surface area contributed by atoms with E-state index in [-0.39, 0.29) is 5.41 Å². The van der Waals surface area contributed by atoms with Gasteiger partial charge in [0.25, 0.3) is 0 Å². The summed E-state index contributed by atoms with van der Waals surface area (Å²) in [6.45, 7) is 8.76. The number of benzene rings is 1. The molecule has 0 aliphatic heterocycles. The molecule has 0 heterocycles. The van der Waals surface area contributed by atoms with Crippen LogP contribution >= 0.6 is 15.9 Å². The molecule has 0 aromatic heterocycles. The summed E-state index contributed by atoms with van der Waals surface area (Å²) >= 11 is 3.39. The van der Waals surface area contributed by atoms with E-state index in [4.69, 9.17) is 11.5 Å². The SMILES string of the molecule is CCN(CC(C)(C)CN)c1ccc(C(N)=O)c(Br)c1. The first kappa shape index (κ1) is 16.0. The summed E-state index contributed by atoms with van der Waals surface area (Å²) in [6.07, 6.45) is 0. The molecule has 0 radical (unpaired) electrons. The van der Waals surface area contributed by atoms with Gasteiger partial charge >= 0.3 is 0 Å². The molecule has 0 saturated heterocycles. The van der Waals surface area contributed by atoms with Gasteiger partial charge in [0.15, 0.2) is 0 Å². The molecule has 1 amide bonds. The Hall–Kier alpha value is -1.07. The summed E-state index contributed by atoms with van der Waals surface area (Å²) in [5.41, 5.74) is 12.7. The smallest absolute Gasteiger partial charge is 0.249 e. The summed E-state index contributed by atoms with van der Waals surface area (Å²) < 4.78 is 0.724. The van der Waals surface area contributed by atoms with Gasteiger partial charge in [0.05, 0.1) is 5.56 Å². The van der Waals surface area contributed by atoms with Crippen molar-refractivity contribution < 1.29 is 4.79 Å². The number of rotatable bonds is 6. The third kappa shape index (κ3) is 4.21. The zero-order chi connectivity index (χ0) is 14.6. The average Bonchev–Trinajstić information content (AvgIpc) is 2.35. The molecule has 0 saturated carbocycles. The van der Waals surface area contributed by atoms with Crippen molar-refractivity contribution in [1.29, 1.82) is 0 Å². The van der Waals surface area contributed by atoms with Gasteiger partial charge in [-0.05, 0) is 53.0 Å². The molecule has 0 aliphatic carbocycles. The van der Waals surface area contributed by atoms with E-state index in [1.807, 2.05) is 12.1 Å². The van der Waals surface area contributed by atoms with E-state index in [0.29, 0.717) is 12.1 Å². The van der Waals surface area contributed by atoms with Crippen molar-refractivity contribution in [1.82, 2.24) is 0 Å². The zero-order valence-electron chi connectivity index (χ0n) is 11.7. The van der Waals surface area contributed by atoms with Crippen molar-refractivity contribution in [2.75, 3.05) is 24.5 Å². The van der Waals surface area contributed by atoms with E-state index in [1.165, 1.54) is 0 Å². The molecule has 1 aromatic carbocycles. The largest absolute Gasteiger partial charge is 0.371 e. The number of anilines is 1. The molecule has 1 rings (SSSR count). The molecule has 0 unspecified atom stereocenters. The van der Waals surface area contributed by atoms with Gasteiger partial charge < -0.3 is 16.4 Å². The number of carbonyl (C=O) groups excluding carboxylic acids is 1. The van der Waals surface area contributed by atoms with Crippen LogP contribution in [0.3, 0.4) is 0 Å². The minimum Gasteiger partial charge on any atom is -0.371 e. The van der Waals surface area contributed by atoms with Crippen molar-refractivity contribution in [3.05, 3.63) is 28.2 Å². The van der Waals surface area contributed by atoms with E-state index in [2.05, 4.69) is 41.6 Å². The number of hydrogen-bond acceptors (Lipinski definition) is 3. The highest BCUT2D eigenvalue weighted by molar-refractivity contribution is 9.10. The fourth-order valence-electron chi connectivity index (χ4n) is 1.87. The van der Waals surface area contributed by atoms with Crippen molar-refractivity contribution in [2.45, 2.75) is 20.8 Å². The van der Waals surface area contributed by atoms with Gasteiger partial charge in [-0.2, -0.15) is 0 Å². The van der Waals surface area contributed by atoms with Gasteiger partial charge in [0.1, 0.15) is 0 Å². The van der Waals surface area contributed by atoms with E-state index in [0.717, 1.165) is 23.2 Å². The van der Waals surface area contributed by atoms with Gasteiger partial charge in [-0.25, -0.2) is 0 Å². The Kier molecular flexibility index (Phi) is 5.38. The van der Waals surface area contributed by atoms with Crippen LogP contribution in [0.2, 0.25) is 0 Å². The highest BCUT2D eigenvalue weighted by Gasteiger charge is 2.20. The van der Waals surface area contributed by atoms with E-state index in [1.54, 1.807) is 6.07 Å². The first-order valence-electron chi connectivity index (χ1n) is 6.35. The number of nitrogens with two attached hydrogens (primary N) is 2. The summed E-state index contributed by atoms with van der Waals surface area (Å²) in [5, 5.41) is 0. The molecular formula is C14H22BrN3O. The number of halogens is 1. The molecule has 4 nitrogen and oxygen atoms in total. The van der Waals surface area contributed by atoms with E-state index < -0.39 is 5.91 Å². The second-order valence-corrected chi connectivity index (χ2v) is 6.27. The fourth-order valence-corrected chi connectivity index (χ4v) is 2.43. The van der Waals surface area contributed by atoms with Crippen molar-refractivity contribution in [3.63, 3.8) is 0 Å². The maximum atomic E-state index is 11.2. The maximum absolute atomic E-state index is 11.2. The standard InChI is InChI=1S/C14H22BrN3O/c1-4-18(9-14(2,3)8-16)10-5-6-11(13(17)19)12(15)7-10/h5-7H,4,8-9,16H2,1-3H3,(H2,17,19). The Morgan fingerprint density at radius 3 is 2.47 bits per heavy atom. The summed E-state index contributed by atoms with van der Waals surface area (Å²) in [4.78, 5) is 13.4. The van der Waals surface area contributed by atoms with Crippen LogP contribution in [0, 0.1) is 5.41 Å². The molecule has 4 N–H and O–H groups in total. The number of primary amides is 1. The number of amides is 1. The lowest BCUT2D eigenvalue weighted by Crippen LogP contribution is -2.38. The minimum atomic E-state index is -0.427. The van der Waals surface area contributed by atoms with Crippen LogP contribution in [0.5, 0.6) is 0 Å². The molecular weight excluding hydrogens is 306 g/mol. The second-order valence-electron chi connectivity index (χ2n) is 5.41. The van der Waals surface area contributed by atoms with Gasteiger partial charge in [0, 0.05) is 23.2 Å². The first-order chi connectivity index (χ1) is 8.80. The molecule has 5 heteroatoms. The predicted octanol–water partition coefficient (Wildman–Crippen LogP) is 2.36. The highest BCUT2D eigenvalue weighted by atomic mass is 79.9. The monoisotopic (exact) mass is 327 g/mol. The second kappa shape index (κ2) is 6.39. The lowest BCUT2D eigenvalue weighted by molar-refractivity contribution is 0.0999. The quantitative estimate of drug-likeness (QED) is 0.842. The predicted molar refractivity (Wildman–Crippen MR) is 83.4 cm³/mol. The molecule has 0 spiro atoms. The minimum absolute atomic E-state index is 0.0465. The van der Waals surface area contributed by atoms with Crippen LogP contribution in [0.15, 0.2) is 22.7 Å². The van der Waals surface area contributed by atoms with Gasteiger partial charge in [-0.1, -0.05) is 13.8 Å². The van der Waals surface area contributed by atoms with Gasteiger partial charge in [-0.3, -0.25) is 4.79 Å². The summed E-state index contributed by atoms with van der Waals surface area (Å²) in [6, 6.07) is 5.59. The molecule has 0 aliphatic rings. The van der Waals surface area contributed by atoms with Crippen LogP contribution < -0.4 is 16.4 Å². The molecule has 106 valence electrons. The highest BCUT2D eigenvalue weighted by Crippen LogP contribution is 2.26. The van der Waals surface area contributed by atoms with Crippen LogP contribution in [0.1, 0.15) is 31.1 Å². The zero-order valence-corrected chi connectivity index (χ0v) is 13.3. The molecule has 0 fully saturated rings. The Labute approximate surface area is 123 Å². The van der Waals surface area contributed by atoms with E-state index >= 15 is 0 Å². The van der Waals surface area contributed by atoms with Gasteiger partial charge in [-0.15, -0.1) is 0 Å². The lowest BCUT2D eigenvalue weighted by Gasteiger charge is -2.33. The fraction of sp³-hybridized carbons (Fsp3) is 0.500. The third-order valence-electron chi connectivity index (χ3n) is 3.14.